The number of hydrogen-bond acceptors (Lipinski definition) is 3. The van der Waals surface area contributed by atoms with Crippen molar-refractivity contribution in [1.82, 2.24) is 14.9 Å². The van der Waals surface area contributed by atoms with E-state index in [9.17, 15) is 9.18 Å². The average molecular weight is 494 g/mol. The number of amides is 1. The van der Waals surface area contributed by atoms with Gasteiger partial charge in [-0.15, -0.1) is 0 Å². The first-order valence-electron chi connectivity index (χ1n) is 12.2. The van der Waals surface area contributed by atoms with Crippen LogP contribution < -0.4 is 10.1 Å². The normalized spacial score (nSPS) is 11.8. The van der Waals surface area contributed by atoms with Crippen molar-refractivity contribution in [3.05, 3.63) is 132 Å². The largest absolute Gasteiger partial charge is 0.496 e. The monoisotopic (exact) mass is 493 g/mol. The van der Waals surface area contributed by atoms with Gasteiger partial charge in [-0.2, -0.15) is 0 Å². The van der Waals surface area contributed by atoms with Gasteiger partial charge in [0.2, 0.25) is 5.91 Å². The summed E-state index contributed by atoms with van der Waals surface area (Å²) in [6, 6.07) is 26.4. The number of rotatable bonds is 9. The van der Waals surface area contributed by atoms with Gasteiger partial charge in [0.25, 0.3) is 0 Å². The van der Waals surface area contributed by atoms with Gasteiger partial charge in [-0.1, -0.05) is 48.5 Å². The first-order chi connectivity index (χ1) is 18.1. The molecule has 0 saturated heterocycles. The molecule has 5 nitrogen and oxygen atoms in total. The molecule has 3 aromatic carbocycles. The van der Waals surface area contributed by atoms with Crippen molar-refractivity contribution >= 4 is 16.8 Å². The minimum Gasteiger partial charge on any atom is -0.496 e. The molecule has 37 heavy (non-hydrogen) atoms. The first kappa shape index (κ1) is 24.3. The van der Waals surface area contributed by atoms with Gasteiger partial charge in [-0.05, 0) is 53.1 Å². The Bertz CT molecular complexity index is 1500. The van der Waals surface area contributed by atoms with Crippen molar-refractivity contribution in [3.8, 4) is 5.75 Å². The lowest BCUT2D eigenvalue weighted by molar-refractivity contribution is -0.121. The summed E-state index contributed by atoms with van der Waals surface area (Å²) < 4.78 is 21.3. The topological polar surface area (TPSA) is 56.1 Å². The van der Waals surface area contributed by atoms with Crippen molar-refractivity contribution < 1.29 is 13.9 Å². The number of nitrogens with zero attached hydrogens (tertiary/aromatic N) is 2. The van der Waals surface area contributed by atoms with Crippen LogP contribution >= 0.6 is 0 Å². The zero-order chi connectivity index (χ0) is 25.6. The van der Waals surface area contributed by atoms with Crippen molar-refractivity contribution in [3.63, 3.8) is 0 Å². The van der Waals surface area contributed by atoms with E-state index in [-0.39, 0.29) is 24.1 Å². The maximum atomic E-state index is 13.5. The number of methoxy groups -OCH3 is 1. The Balaban J connectivity index is 1.52. The number of benzene rings is 3. The molecule has 186 valence electrons. The van der Waals surface area contributed by atoms with Gasteiger partial charge in [0, 0.05) is 60.5 Å². The molecular formula is C31H28FN3O2. The highest BCUT2D eigenvalue weighted by atomic mass is 19.1. The summed E-state index contributed by atoms with van der Waals surface area (Å²) in [6.07, 6.45) is 5.81. The lowest BCUT2D eigenvalue weighted by Gasteiger charge is -2.20. The molecule has 2 heterocycles. The Morgan fingerprint density at radius 1 is 0.919 bits per heavy atom. The van der Waals surface area contributed by atoms with E-state index in [1.807, 2.05) is 48.5 Å². The highest BCUT2D eigenvalue weighted by Crippen LogP contribution is 2.39. The number of halogens is 1. The van der Waals surface area contributed by atoms with E-state index >= 15 is 0 Å². The second-order valence-electron chi connectivity index (χ2n) is 8.99. The van der Waals surface area contributed by atoms with Crippen LogP contribution in [-0.2, 0) is 17.9 Å². The van der Waals surface area contributed by atoms with Crippen molar-refractivity contribution in [2.45, 2.75) is 25.4 Å². The van der Waals surface area contributed by atoms with Gasteiger partial charge >= 0.3 is 0 Å². The van der Waals surface area contributed by atoms with Crippen molar-refractivity contribution in [2.24, 2.45) is 0 Å². The summed E-state index contributed by atoms with van der Waals surface area (Å²) in [5, 5.41) is 4.13. The number of pyridine rings is 1. The lowest BCUT2D eigenvalue weighted by atomic mass is 9.87. The van der Waals surface area contributed by atoms with Crippen LogP contribution in [0, 0.1) is 5.82 Å². The molecule has 2 aromatic heterocycles. The van der Waals surface area contributed by atoms with Crippen LogP contribution in [0.15, 0.2) is 104 Å². The summed E-state index contributed by atoms with van der Waals surface area (Å²) in [6.45, 7) is 1.03. The summed E-state index contributed by atoms with van der Waals surface area (Å²) >= 11 is 0. The number of hydrogen-bond donors (Lipinski definition) is 1. The highest BCUT2D eigenvalue weighted by molar-refractivity contribution is 5.87. The molecular weight excluding hydrogens is 465 g/mol. The van der Waals surface area contributed by atoms with Crippen molar-refractivity contribution in [1.29, 1.82) is 0 Å². The van der Waals surface area contributed by atoms with Crippen LogP contribution in [0.25, 0.3) is 10.9 Å². The second-order valence-corrected chi connectivity index (χ2v) is 8.99. The van der Waals surface area contributed by atoms with Gasteiger partial charge in [-0.3, -0.25) is 9.78 Å². The van der Waals surface area contributed by atoms with Crippen LogP contribution in [0.4, 0.5) is 4.39 Å². The van der Waals surface area contributed by atoms with E-state index in [1.54, 1.807) is 31.6 Å². The highest BCUT2D eigenvalue weighted by Gasteiger charge is 2.25. The molecule has 0 radical (unpaired) electrons. The van der Waals surface area contributed by atoms with Gasteiger partial charge in [0.15, 0.2) is 0 Å². The SMILES string of the molecule is COc1ccccc1[C@H](CC(=O)NCc1ccncc1)c1cn(Cc2ccc(F)cc2)c2ccccc12. The quantitative estimate of drug-likeness (QED) is 0.271. The number of fused-ring (bicyclic) bond motifs is 1. The van der Waals surface area contributed by atoms with Crippen molar-refractivity contribution in [2.75, 3.05) is 7.11 Å². The summed E-state index contributed by atoms with van der Waals surface area (Å²) in [5.41, 5.74) is 5.04. The smallest absolute Gasteiger partial charge is 0.221 e. The molecule has 0 aliphatic heterocycles. The minimum atomic E-state index is -0.254. The second kappa shape index (κ2) is 11.1. The Hall–Kier alpha value is -4.45. The fraction of sp³-hybridized carbons (Fsp3) is 0.161. The summed E-state index contributed by atoms with van der Waals surface area (Å²) in [7, 11) is 1.65. The Morgan fingerprint density at radius 2 is 1.65 bits per heavy atom. The number of carbonyl (C=O) groups is 1. The van der Waals surface area contributed by atoms with Crippen LogP contribution in [0.2, 0.25) is 0 Å². The van der Waals surface area contributed by atoms with E-state index in [0.717, 1.165) is 38.9 Å². The first-order valence-corrected chi connectivity index (χ1v) is 12.2. The molecule has 1 amide bonds. The third kappa shape index (κ3) is 5.54. The molecule has 0 aliphatic carbocycles. The maximum absolute atomic E-state index is 13.5. The standard InChI is InChI=1S/C31H28FN3O2/c1-37-30-9-5-3-7-26(30)27(18-31(36)34-19-22-14-16-33-17-15-22)28-21-35(29-8-4-2-6-25(28)29)20-23-10-12-24(32)13-11-23/h2-17,21,27H,18-20H2,1H3,(H,34,36)/t27-/m0/s1. The molecule has 0 bridgehead atoms. The Kier molecular flexibility index (Phi) is 7.26. The predicted molar refractivity (Wildman–Crippen MR) is 143 cm³/mol. The molecule has 0 saturated carbocycles. The van der Waals surface area contributed by atoms with E-state index < -0.39 is 0 Å². The maximum Gasteiger partial charge on any atom is 0.221 e. The lowest BCUT2D eigenvalue weighted by Crippen LogP contribution is -2.25. The van der Waals surface area contributed by atoms with E-state index in [0.29, 0.717) is 13.1 Å². The molecule has 0 unspecified atom stereocenters. The molecule has 5 rings (SSSR count). The Morgan fingerprint density at radius 3 is 2.43 bits per heavy atom. The fourth-order valence-electron chi connectivity index (χ4n) is 4.77. The number of aromatic nitrogens is 2. The molecule has 0 spiro atoms. The zero-order valence-electron chi connectivity index (χ0n) is 20.6. The van der Waals surface area contributed by atoms with E-state index in [1.165, 1.54) is 12.1 Å². The third-order valence-corrected chi connectivity index (χ3v) is 6.60. The molecule has 6 heteroatoms. The average Bonchev–Trinajstić information content (AvgIpc) is 3.30. The summed E-state index contributed by atoms with van der Waals surface area (Å²) in [5.74, 6) is 0.205. The zero-order valence-corrected chi connectivity index (χ0v) is 20.6. The molecule has 0 aliphatic rings. The molecule has 1 atom stereocenters. The minimum absolute atomic E-state index is 0.0527. The van der Waals surface area contributed by atoms with Crippen LogP contribution in [0.5, 0.6) is 5.75 Å². The van der Waals surface area contributed by atoms with Gasteiger partial charge in [0.05, 0.1) is 7.11 Å². The molecule has 0 fully saturated rings. The third-order valence-electron chi connectivity index (χ3n) is 6.60. The predicted octanol–water partition coefficient (Wildman–Crippen LogP) is 6.07. The molecule has 1 N–H and O–H groups in total. The van der Waals surface area contributed by atoms with Gasteiger partial charge < -0.3 is 14.6 Å². The number of nitrogens with one attached hydrogen (secondary N) is 1. The van der Waals surface area contributed by atoms with Gasteiger partial charge in [-0.25, -0.2) is 4.39 Å². The number of ether oxygens (including phenoxy) is 1. The van der Waals surface area contributed by atoms with Crippen LogP contribution in [-0.4, -0.2) is 22.6 Å². The number of para-hydroxylation sites is 2. The van der Waals surface area contributed by atoms with E-state index in [2.05, 4.69) is 33.2 Å². The number of carbonyl (C=O) groups excluding carboxylic acids is 1. The van der Waals surface area contributed by atoms with Crippen LogP contribution in [0.3, 0.4) is 0 Å². The van der Waals surface area contributed by atoms with Gasteiger partial charge in [0.1, 0.15) is 11.6 Å². The van der Waals surface area contributed by atoms with E-state index in [4.69, 9.17) is 4.74 Å². The fourth-order valence-corrected chi connectivity index (χ4v) is 4.77. The molecule has 5 aromatic rings. The Labute approximate surface area is 215 Å². The van der Waals surface area contributed by atoms with Crippen LogP contribution in [0.1, 0.15) is 34.6 Å². The summed E-state index contributed by atoms with van der Waals surface area (Å²) in [4.78, 5) is 17.3.